The molecule has 1 aliphatic carbocycles. The molecule has 1 aliphatic rings. The number of aromatic nitrogens is 1. The number of hydrogen-bond acceptors (Lipinski definition) is 3. The number of hydrogen-bond donors (Lipinski definition) is 1. The molecule has 4 rings (SSSR count). The summed E-state index contributed by atoms with van der Waals surface area (Å²) in [5.74, 6) is -0.363. The summed E-state index contributed by atoms with van der Waals surface area (Å²) in [6, 6.07) is 20.2. The van der Waals surface area contributed by atoms with E-state index in [1.54, 1.807) is 41.2 Å². The Hall–Kier alpha value is -2.80. The van der Waals surface area contributed by atoms with Gasteiger partial charge >= 0.3 is 0 Å². The van der Waals surface area contributed by atoms with E-state index in [2.05, 4.69) is 5.32 Å². The van der Waals surface area contributed by atoms with Crippen LogP contribution in [0.2, 0.25) is 0 Å². The molecular weight excluding hydrogens is 451 g/mol. The number of fused-ring (bicyclic) bond motifs is 1. The molecule has 4 nitrogen and oxygen atoms in total. The molecule has 0 bridgehead atoms. The van der Waals surface area contributed by atoms with Crippen molar-refractivity contribution in [3.63, 3.8) is 0 Å². The normalized spacial score (nSPS) is 13.1. The molecule has 0 amide bonds. The third kappa shape index (κ3) is 3.55. The van der Waals surface area contributed by atoms with Gasteiger partial charge in [-0.05, 0) is 19.1 Å². The highest BCUT2D eigenvalue weighted by Crippen LogP contribution is 2.27. The molecule has 0 saturated carbocycles. The first-order chi connectivity index (χ1) is 12.6. The second-order valence-electron chi connectivity index (χ2n) is 6.20. The van der Waals surface area contributed by atoms with Crippen LogP contribution >= 0.6 is 0 Å². The van der Waals surface area contributed by atoms with Gasteiger partial charge in [-0.25, -0.2) is 0 Å². The minimum atomic E-state index is -0.188. The van der Waals surface area contributed by atoms with Crippen molar-refractivity contribution in [3.05, 3.63) is 102 Å². The molecule has 0 saturated heterocycles. The smallest absolute Gasteiger partial charge is 0.286 e. The molecule has 0 fully saturated rings. The van der Waals surface area contributed by atoms with Crippen molar-refractivity contribution in [1.82, 2.24) is 0 Å². The van der Waals surface area contributed by atoms with Crippen LogP contribution in [0.3, 0.4) is 0 Å². The third-order valence-corrected chi connectivity index (χ3v) is 4.39. The minimum absolute atomic E-state index is 0. The number of carbonyl (C=O) groups is 2. The van der Waals surface area contributed by atoms with E-state index in [1.165, 1.54) is 0 Å². The number of nitrogens with one attached hydrogen (secondary N) is 1. The molecule has 5 heteroatoms. The Balaban J connectivity index is 0.00000210. The summed E-state index contributed by atoms with van der Waals surface area (Å²) in [6.45, 7) is 2.00. The fraction of sp³-hybridized carbons (Fsp3) is 0.0455. The lowest BCUT2D eigenvalue weighted by atomic mass is 9.90. The molecular formula is C22H17IN2O2. The highest BCUT2D eigenvalue weighted by molar-refractivity contribution is 6.36. The van der Waals surface area contributed by atoms with Gasteiger partial charge in [0.1, 0.15) is 0 Å². The van der Waals surface area contributed by atoms with Crippen molar-refractivity contribution < 1.29 is 38.1 Å². The highest BCUT2D eigenvalue weighted by atomic mass is 127. The van der Waals surface area contributed by atoms with Gasteiger partial charge in [-0.15, -0.1) is 0 Å². The molecule has 0 radical (unpaired) electrons. The summed E-state index contributed by atoms with van der Waals surface area (Å²) in [7, 11) is 0. The Morgan fingerprint density at radius 2 is 1.33 bits per heavy atom. The highest BCUT2D eigenvalue weighted by Gasteiger charge is 2.38. The SMILES string of the molecule is Cc1ccc(NC2=C([n+]3ccccc3)C(=O)c3ccccc3C2=O)cc1.[I-]. The zero-order valence-corrected chi connectivity index (χ0v) is 16.8. The van der Waals surface area contributed by atoms with Crippen LogP contribution < -0.4 is 33.9 Å². The number of Topliss-reactive ketones (excluding diaryl/α,β-unsaturated/α-hetero) is 2. The van der Waals surface area contributed by atoms with Gasteiger partial charge in [0.2, 0.25) is 5.78 Å². The van der Waals surface area contributed by atoms with Crippen molar-refractivity contribution >= 4 is 23.0 Å². The molecule has 0 spiro atoms. The first-order valence-electron chi connectivity index (χ1n) is 8.38. The lowest BCUT2D eigenvalue weighted by Gasteiger charge is -2.18. The standard InChI is InChI=1S/C22H16N2O2.HI/c1-15-9-11-16(12-10-15)23-19-20(24-13-5-2-6-14-24)22(26)18-8-4-3-7-17(18)21(19)25;/h2-14H,1H3;1H. The molecule has 1 N–H and O–H groups in total. The predicted molar refractivity (Wildman–Crippen MR) is 99.8 cm³/mol. The van der Waals surface area contributed by atoms with Crippen molar-refractivity contribution in [2.24, 2.45) is 0 Å². The van der Waals surface area contributed by atoms with E-state index in [1.807, 2.05) is 49.4 Å². The number of carbonyl (C=O) groups excluding carboxylic acids is 2. The lowest BCUT2D eigenvalue weighted by molar-refractivity contribution is -0.577. The van der Waals surface area contributed by atoms with E-state index in [4.69, 9.17) is 0 Å². The fourth-order valence-corrected chi connectivity index (χ4v) is 3.05. The maximum Gasteiger partial charge on any atom is 0.286 e. The molecule has 0 aliphatic heterocycles. The maximum atomic E-state index is 13.1. The Kier molecular flexibility index (Phi) is 5.51. The zero-order chi connectivity index (χ0) is 18.1. The maximum absolute atomic E-state index is 13.1. The van der Waals surface area contributed by atoms with Crippen LogP contribution in [0.4, 0.5) is 5.69 Å². The Bertz CT molecular complexity index is 1040. The average molecular weight is 468 g/mol. The van der Waals surface area contributed by atoms with Crippen molar-refractivity contribution in [2.75, 3.05) is 5.32 Å². The number of aryl methyl sites for hydroxylation is 1. The second kappa shape index (κ2) is 7.84. The van der Waals surface area contributed by atoms with Crippen LogP contribution in [0.5, 0.6) is 0 Å². The van der Waals surface area contributed by atoms with Crippen LogP contribution in [0.25, 0.3) is 5.70 Å². The summed E-state index contributed by atoms with van der Waals surface area (Å²) in [6.07, 6.45) is 3.54. The average Bonchev–Trinajstić information content (AvgIpc) is 2.68. The third-order valence-electron chi connectivity index (χ3n) is 4.39. The quantitative estimate of drug-likeness (QED) is 0.454. The van der Waals surface area contributed by atoms with E-state index < -0.39 is 0 Å². The van der Waals surface area contributed by atoms with Crippen molar-refractivity contribution in [1.29, 1.82) is 0 Å². The fourth-order valence-electron chi connectivity index (χ4n) is 3.05. The summed E-state index contributed by atoms with van der Waals surface area (Å²) in [5, 5.41) is 3.17. The Morgan fingerprint density at radius 1 is 0.741 bits per heavy atom. The molecule has 0 atom stereocenters. The number of pyridine rings is 1. The monoisotopic (exact) mass is 468 g/mol. The Labute approximate surface area is 174 Å². The van der Waals surface area contributed by atoms with Gasteiger partial charge in [0, 0.05) is 28.9 Å². The molecule has 1 aromatic heterocycles. The van der Waals surface area contributed by atoms with Gasteiger partial charge in [0.05, 0.1) is 0 Å². The molecule has 2 aromatic carbocycles. The second-order valence-corrected chi connectivity index (χ2v) is 6.20. The van der Waals surface area contributed by atoms with Gasteiger partial charge in [-0.2, -0.15) is 4.57 Å². The molecule has 1 heterocycles. The first kappa shape index (κ1) is 19.0. The van der Waals surface area contributed by atoms with E-state index in [0.29, 0.717) is 16.8 Å². The van der Waals surface area contributed by atoms with Crippen LogP contribution in [0.15, 0.2) is 84.8 Å². The Morgan fingerprint density at radius 3 is 1.96 bits per heavy atom. The number of benzene rings is 2. The van der Waals surface area contributed by atoms with E-state index in [0.717, 1.165) is 11.3 Å². The molecule has 134 valence electrons. The van der Waals surface area contributed by atoms with E-state index in [-0.39, 0.29) is 41.2 Å². The topological polar surface area (TPSA) is 50.1 Å². The van der Waals surface area contributed by atoms with Gasteiger partial charge in [-0.3, -0.25) is 9.59 Å². The van der Waals surface area contributed by atoms with E-state index >= 15 is 0 Å². The van der Waals surface area contributed by atoms with Gasteiger partial charge in [-0.1, -0.05) is 48.0 Å². The predicted octanol–water partition coefficient (Wildman–Crippen LogP) is 0.646. The summed E-state index contributed by atoms with van der Waals surface area (Å²) < 4.78 is 1.69. The van der Waals surface area contributed by atoms with Crippen LogP contribution in [0.1, 0.15) is 26.3 Å². The number of rotatable bonds is 3. The number of allylic oxidation sites excluding steroid dienone is 2. The minimum Gasteiger partial charge on any atom is -1.00 e. The first-order valence-corrected chi connectivity index (χ1v) is 8.38. The van der Waals surface area contributed by atoms with E-state index in [9.17, 15) is 9.59 Å². The summed E-state index contributed by atoms with van der Waals surface area (Å²) in [5.41, 5.74) is 3.35. The van der Waals surface area contributed by atoms with Crippen LogP contribution in [-0.2, 0) is 0 Å². The summed E-state index contributed by atoms with van der Waals surface area (Å²) >= 11 is 0. The largest absolute Gasteiger partial charge is 1.00 e. The van der Waals surface area contributed by atoms with Crippen molar-refractivity contribution in [3.8, 4) is 0 Å². The van der Waals surface area contributed by atoms with Gasteiger partial charge < -0.3 is 29.3 Å². The van der Waals surface area contributed by atoms with Crippen LogP contribution in [0, 0.1) is 6.92 Å². The number of ketones is 2. The number of halogens is 1. The molecule has 27 heavy (non-hydrogen) atoms. The van der Waals surface area contributed by atoms with Gasteiger partial charge in [0.15, 0.2) is 18.1 Å². The molecule has 0 unspecified atom stereocenters. The number of anilines is 1. The number of nitrogens with zero attached hydrogens (tertiary/aromatic N) is 1. The van der Waals surface area contributed by atoms with Crippen LogP contribution in [-0.4, -0.2) is 11.6 Å². The zero-order valence-electron chi connectivity index (χ0n) is 14.6. The molecule has 3 aromatic rings. The van der Waals surface area contributed by atoms with Crippen molar-refractivity contribution in [2.45, 2.75) is 6.92 Å². The lowest BCUT2D eigenvalue weighted by Crippen LogP contribution is -3.00. The summed E-state index contributed by atoms with van der Waals surface area (Å²) in [4.78, 5) is 26.3. The van der Waals surface area contributed by atoms with Gasteiger partial charge in [0.25, 0.3) is 11.5 Å².